The Kier molecular flexibility index (Phi) is 25.0. The first-order chi connectivity index (χ1) is 16.8. The molecule has 0 aliphatic rings. The second-order valence-corrected chi connectivity index (χ2v) is 10.2. The van der Waals surface area contributed by atoms with Gasteiger partial charge in [0.05, 0.1) is 0 Å². The molecule has 36 heavy (non-hydrogen) atoms. The molecule has 0 aliphatic carbocycles. The Morgan fingerprint density at radius 3 is 1.75 bits per heavy atom. The van der Waals surface area contributed by atoms with Crippen molar-refractivity contribution in [3.63, 3.8) is 0 Å². The molecule has 0 saturated carbocycles. The second-order valence-electron chi connectivity index (χ2n) is 10.2. The third-order valence-electron chi connectivity index (χ3n) is 7.31. The van der Waals surface area contributed by atoms with E-state index in [0.717, 1.165) is 23.8 Å². The number of hydrogen-bond acceptors (Lipinski definition) is 1. The van der Waals surface area contributed by atoms with Gasteiger partial charge >= 0.3 is 0 Å². The van der Waals surface area contributed by atoms with Crippen molar-refractivity contribution in [2.24, 2.45) is 11.8 Å². The van der Waals surface area contributed by atoms with Gasteiger partial charge in [0.25, 0.3) is 0 Å². The van der Waals surface area contributed by atoms with Gasteiger partial charge in [0, 0.05) is 18.8 Å². The largest absolute Gasteiger partial charge is 0.375 e. The zero-order valence-corrected chi connectivity index (χ0v) is 26.6. The van der Waals surface area contributed by atoms with Crippen LogP contribution in [0.5, 0.6) is 0 Å². The molecule has 0 fully saturated rings. The van der Waals surface area contributed by atoms with E-state index >= 15 is 0 Å². The highest BCUT2D eigenvalue weighted by atomic mass is 15.1. The molecule has 2 unspecified atom stereocenters. The maximum Gasteiger partial charge on any atom is 0.0255 e. The molecule has 0 N–H and O–H groups in total. The van der Waals surface area contributed by atoms with Crippen molar-refractivity contribution in [1.82, 2.24) is 4.90 Å². The fourth-order valence-electron chi connectivity index (χ4n) is 4.00. The lowest BCUT2D eigenvalue weighted by Crippen LogP contribution is -2.28. The normalized spacial score (nSPS) is 14.6. The van der Waals surface area contributed by atoms with Crippen LogP contribution in [0.2, 0.25) is 0 Å². The first kappa shape index (κ1) is 38.5. The number of unbranched alkanes of at least 4 members (excludes halogenated alkanes) is 1. The SMILES string of the molecule is C=C(C)[C@H](CC)C(C)CC.C=C/C(C(=C)C)=C(/C)N(C)C(C)CCCC.C=C/C=C\C(C)=C(/C)CC. The molecule has 0 aromatic heterocycles. The van der Waals surface area contributed by atoms with Crippen molar-refractivity contribution >= 4 is 0 Å². The molecule has 0 radical (unpaired) electrons. The van der Waals surface area contributed by atoms with Crippen LogP contribution < -0.4 is 0 Å². The highest BCUT2D eigenvalue weighted by Crippen LogP contribution is 2.24. The van der Waals surface area contributed by atoms with Crippen LogP contribution in [-0.2, 0) is 0 Å². The Morgan fingerprint density at radius 1 is 0.889 bits per heavy atom. The van der Waals surface area contributed by atoms with E-state index < -0.39 is 0 Å². The van der Waals surface area contributed by atoms with Gasteiger partial charge in [0.1, 0.15) is 0 Å². The fourth-order valence-corrected chi connectivity index (χ4v) is 4.00. The smallest absolute Gasteiger partial charge is 0.0255 e. The summed E-state index contributed by atoms with van der Waals surface area (Å²) >= 11 is 0. The van der Waals surface area contributed by atoms with Gasteiger partial charge in [-0.1, -0.05) is 121 Å². The van der Waals surface area contributed by atoms with Crippen molar-refractivity contribution in [2.75, 3.05) is 7.05 Å². The number of allylic oxidation sites excluding steroid dienone is 10. The van der Waals surface area contributed by atoms with Crippen LogP contribution >= 0.6 is 0 Å². The first-order valence-electron chi connectivity index (χ1n) is 14.1. The van der Waals surface area contributed by atoms with Crippen LogP contribution in [0, 0.1) is 11.8 Å². The van der Waals surface area contributed by atoms with Gasteiger partial charge in [-0.05, 0) is 83.8 Å². The molecule has 0 bridgehead atoms. The van der Waals surface area contributed by atoms with Gasteiger partial charge in [0.2, 0.25) is 0 Å². The molecule has 0 aromatic rings. The van der Waals surface area contributed by atoms with Crippen molar-refractivity contribution in [1.29, 1.82) is 0 Å². The summed E-state index contributed by atoms with van der Waals surface area (Å²) in [6.07, 6.45) is 15.2. The van der Waals surface area contributed by atoms with Gasteiger partial charge in [-0.15, -0.1) is 0 Å². The standard InChI is InChI=1S/C15H27N.C10H20.C10H16/c1-8-10-11-13(5)16(7)14(6)15(9-2)12(3)4;1-6-9(5)10(7-2)8(3)4;1-5-7-8-10(4)9(3)6-2/h9,13H,2-3,8,10-11H2,1,4-7H3;9-10H,3,6-7H2,1-2,4-5H3;5,7-8H,1,6H2,2-4H3/b15-14+;;8-7-,10-9+/t;9?,10-;/m.0./s1. The van der Waals surface area contributed by atoms with E-state index in [1.54, 1.807) is 6.08 Å². The molecular weight excluding hydrogens is 434 g/mol. The molecule has 3 atom stereocenters. The number of hydrogen-bond donors (Lipinski definition) is 0. The van der Waals surface area contributed by atoms with Crippen molar-refractivity contribution in [3.05, 3.63) is 84.2 Å². The Hall–Kier alpha value is -2.02. The summed E-state index contributed by atoms with van der Waals surface area (Å²) in [7, 11) is 2.15. The lowest BCUT2D eigenvalue weighted by molar-refractivity contribution is 0.301. The highest BCUT2D eigenvalue weighted by molar-refractivity contribution is 5.38. The summed E-state index contributed by atoms with van der Waals surface area (Å²) in [5.41, 5.74) is 7.66. The summed E-state index contributed by atoms with van der Waals surface area (Å²) in [6, 6.07) is 0.578. The average Bonchev–Trinajstić information content (AvgIpc) is 2.85. The molecule has 1 heteroatoms. The topological polar surface area (TPSA) is 3.24 Å². The molecule has 208 valence electrons. The number of rotatable bonds is 14. The molecule has 0 aliphatic heterocycles. The Balaban J connectivity index is -0.000000476. The van der Waals surface area contributed by atoms with Crippen LogP contribution in [0.1, 0.15) is 115 Å². The minimum atomic E-state index is 0.578. The quantitative estimate of drug-likeness (QED) is 0.170. The monoisotopic (exact) mass is 497 g/mol. The van der Waals surface area contributed by atoms with E-state index in [2.05, 4.69) is 114 Å². The summed E-state index contributed by atoms with van der Waals surface area (Å²) in [6.45, 7) is 39.5. The van der Waals surface area contributed by atoms with E-state index in [9.17, 15) is 0 Å². The fraction of sp³-hybridized carbons (Fsp3) is 0.600. The zero-order valence-electron chi connectivity index (χ0n) is 26.6. The van der Waals surface area contributed by atoms with Crippen LogP contribution in [0.25, 0.3) is 0 Å². The lowest BCUT2D eigenvalue weighted by atomic mass is 9.85. The number of nitrogens with zero attached hydrogens (tertiary/aromatic N) is 1. The van der Waals surface area contributed by atoms with Crippen LogP contribution in [0.4, 0.5) is 0 Å². The third kappa shape index (κ3) is 17.4. The zero-order chi connectivity index (χ0) is 28.8. The molecule has 1 nitrogen and oxygen atoms in total. The summed E-state index contributed by atoms with van der Waals surface area (Å²) < 4.78 is 0. The average molecular weight is 498 g/mol. The molecule has 0 spiro atoms. The molecular formula is C35H63N. The van der Waals surface area contributed by atoms with E-state index in [4.69, 9.17) is 0 Å². The maximum atomic E-state index is 4.00. The molecule has 0 heterocycles. The maximum absolute atomic E-state index is 4.00. The minimum Gasteiger partial charge on any atom is -0.375 e. The van der Waals surface area contributed by atoms with E-state index in [-0.39, 0.29) is 0 Å². The van der Waals surface area contributed by atoms with Crippen molar-refractivity contribution in [3.8, 4) is 0 Å². The lowest BCUT2D eigenvalue weighted by Gasteiger charge is -2.29. The van der Waals surface area contributed by atoms with Gasteiger partial charge in [-0.3, -0.25) is 0 Å². The van der Waals surface area contributed by atoms with Gasteiger partial charge in [0.15, 0.2) is 0 Å². The Bertz CT molecular complexity index is 728. The van der Waals surface area contributed by atoms with Crippen LogP contribution in [0.15, 0.2) is 84.2 Å². The van der Waals surface area contributed by atoms with E-state index in [0.29, 0.717) is 6.04 Å². The Labute approximate surface area is 228 Å². The summed E-state index contributed by atoms with van der Waals surface area (Å²) in [5.74, 6) is 1.55. The minimum absolute atomic E-state index is 0.578. The van der Waals surface area contributed by atoms with Crippen molar-refractivity contribution in [2.45, 2.75) is 121 Å². The van der Waals surface area contributed by atoms with E-state index in [1.807, 2.05) is 19.1 Å². The third-order valence-corrected chi connectivity index (χ3v) is 7.31. The van der Waals surface area contributed by atoms with Crippen LogP contribution in [-0.4, -0.2) is 18.0 Å². The van der Waals surface area contributed by atoms with Gasteiger partial charge in [-0.25, -0.2) is 0 Å². The van der Waals surface area contributed by atoms with Crippen LogP contribution in [0.3, 0.4) is 0 Å². The molecule has 0 saturated heterocycles. The molecule has 0 amide bonds. The van der Waals surface area contributed by atoms with Gasteiger partial charge < -0.3 is 4.90 Å². The first-order valence-corrected chi connectivity index (χ1v) is 14.1. The van der Waals surface area contributed by atoms with Crippen molar-refractivity contribution < 1.29 is 0 Å². The summed E-state index contributed by atoms with van der Waals surface area (Å²) in [5, 5.41) is 0. The van der Waals surface area contributed by atoms with E-state index in [1.165, 1.54) is 60.1 Å². The van der Waals surface area contributed by atoms with Gasteiger partial charge in [-0.2, -0.15) is 0 Å². The second kappa shape index (κ2) is 23.4. The molecule has 0 rings (SSSR count). The summed E-state index contributed by atoms with van der Waals surface area (Å²) in [4.78, 5) is 2.33. The highest BCUT2D eigenvalue weighted by Gasteiger charge is 2.13. The predicted molar refractivity (Wildman–Crippen MR) is 171 cm³/mol. The predicted octanol–water partition coefficient (Wildman–Crippen LogP) is 11.6. The Morgan fingerprint density at radius 2 is 1.44 bits per heavy atom. The molecule has 0 aromatic carbocycles.